The van der Waals surface area contributed by atoms with E-state index in [0.29, 0.717) is 18.2 Å². The maximum Gasteiger partial charge on any atom is 0.0678 e. The van der Waals surface area contributed by atoms with Gasteiger partial charge in [-0.15, -0.1) is 0 Å². The largest absolute Gasteiger partial charge is 0.373 e. The van der Waals surface area contributed by atoms with Gasteiger partial charge in [0.05, 0.1) is 12.2 Å². The molecule has 0 aliphatic carbocycles. The molecule has 1 saturated heterocycles. The Labute approximate surface area is 107 Å². The molecule has 0 bridgehead atoms. The normalized spacial score (nSPS) is 28.2. The lowest BCUT2D eigenvalue weighted by molar-refractivity contribution is -0.0682. The quantitative estimate of drug-likeness (QED) is 0.693. The van der Waals surface area contributed by atoms with Crippen molar-refractivity contribution in [1.82, 2.24) is 10.2 Å². The lowest BCUT2D eigenvalue weighted by atomic mass is 10.1. The molecular formula is C14H30N2O. The first-order valence-corrected chi connectivity index (χ1v) is 7.23. The minimum atomic E-state index is 0.402. The first kappa shape index (κ1) is 14.9. The molecule has 1 aliphatic heterocycles. The van der Waals surface area contributed by atoms with Crippen LogP contribution < -0.4 is 5.32 Å². The highest BCUT2D eigenvalue weighted by molar-refractivity contribution is 4.73. The summed E-state index contributed by atoms with van der Waals surface area (Å²) >= 11 is 0. The van der Waals surface area contributed by atoms with E-state index in [0.717, 1.165) is 19.6 Å². The summed E-state index contributed by atoms with van der Waals surface area (Å²) in [5, 5.41) is 3.46. The van der Waals surface area contributed by atoms with Crippen LogP contribution in [0.3, 0.4) is 0 Å². The summed E-state index contributed by atoms with van der Waals surface area (Å²) in [6, 6.07) is 0.669. The Morgan fingerprint density at radius 3 is 2.47 bits per heavy atom. The molecule has 17 heavy (non-hydrogen) atoms. The number of hydrogen-bond acceptors (Lipinski definition) is 3. The first-order chi connectivity index (χ1) is 8.11. The maximum atomic E-state index is 5.74. The Morgan fingerprint density at radius 2 is 1.88 bits per heavy atom. The Balaban J connectivity index is 2.06. The molecule has 1 unspecified atom stereocenters. The van der Waals surface area contributed by atoms with E-state index in [1.165, 1.54) is 25.8 Å². The van der Waals surface area contributed by atoms with Crippen LogP contribution in [0.15, 0.2) is 0 Å². The molecule has 102 valence electrons. The van der Waals surface area contributed by atoms with Crippen LogP contribution in [0, 0.1) is 0 Å². The smallest absolute Gasteiger partial charge is 0.0678 e. The Bertz CT molecular complexity index is 189. The highest BCUT2D eigenvalue weighted by Gasteiger charge is 2.21. The summed E-state index contributed by atoms with van der Waals surface area (Å²) < 4.78 is 5.74. The second-order valence-corrected chi connectivity index (χ2v) is 5.47. The van der Waals surface area contributed by atoms with E-state index in [-0.39, 0.29) is 0 Å². The van der Waals surface area contributed by atoms with Crippen LogP contribution in [0.1, 0.15) is 47.0 Å². The molecule has 1 fully saturated rings. The molecule has 1 aliphatic rings. The second kappa shape index (κ2) is 8.06. The number of nitrogens with zero attached hydrogens (tertiary/aromatic N) is 1. The molecule has 0 radical (unpaired) electrons. The van der Waals surface area contributed by atoms with Gasteiger partial charge in [0.2, 0.25) is 0 Å². The summed E-state index contributed by atoms with van der Waals surface area (Å²) in [4.78, 5) is 2.55. The highest BCUT2D eigenvalue weighted by atomic mass is 16.5. The summed E-state index contributed by atoms with van der Waals surface area (Å²) in [6.07, 6.45) is 4.74. The SMILES string of the molecule is CCNC(C)CCCCN1C[C@@H](C)O[C@@H](C)C1. The molecule has 1 N–H and O–H groups in total. The predicted molar refractivity (Wildman–Crippen MR) is 73.4 cm³/mol. The minimum Gasteiger partial charge on any atom is -0.373 e. The Morgan fingerprint density at radius 1 is 1.24 bits per heavy atom. The van der Waals surface area contributed by atoms with Gasteiger partial charge in [-0.25, -0.2) is 0 Å². The van der Waals surface area contributed by atoms with E-state index in [1.807, 2.05) is 0 Å². The summed E-state index contributed by atoms with van der Waals surface area (Å²) in [7, 11) is 0. The van der Waals surface area contributed by atoms with Crippen LogP contribution in [0.4, 0.5) is 0 Å². The number of rotatable bonds is 7. The zero-order valence-corrected chi connectivity index (χ0v) is 12.0. The van der Waals surface area contributed by atoms with Crippen molar-refractivity contribution in [2.24, 2.45) is 0 Å². The molecule has 0 spiro atoms. The molecule has 0 saturated carbocycles. The number of hydrogen-bond donors (Lipinski definition) is 1. The van der Waals surface area contributed by atoms with Gasteiger partial charge in [0, 0.05) is 19.1 Å². The van der Waals surface area contributed by atoms with Gasteiger partial charge in [-0.3, -0.25) is 4.90 Å². The van der Waals surface area contributed by atoms with Crippen molar-refractivity contribution in [1.29, 1.82) is 0 Å². The third-order valence-corrected chi connectivity index (χ3v) is 3.41. The number of nitrogens with one attached hydrogen (secondary N) is 1. The fourth-order valence-corrected chi connectivity index (χ4v) is 2.70. The minimum absolute atomic E-state index is 0.402. The maximum absolute atomic E-state index is 5.74. The van der Waals surface area contributed by atoms with Crippen molar-refractivity contribution >= 4 is 0 Å². The fourth-order valence-electron chi connectivity index (χ4n) is 2.70. The molecule has 0 aromatic carbocycles. The standard InChI is InChI=1S/C14H30N2O/c1-5-15-12(2)8-6-7-9-16-10-13(3)17-14(4)11-16/h12-15H,5-11H2,1-4H3/t12?,13-,14+. The number of morpholine rings is 1. The van der Waals surface area contributed by atoms with Crippen LogP contribution >= 0.6 is 0 Å². The van der Waals surface area contributed by atoms with Gasteiger partial charge >= 0.3 is 0 Å². The first-order valence-electron chi connectivity index (χ1n) is 7.23. The average molecular weight is 242 g/mol. The fraction of sp³-hybridized carbons (Fsp3) is 1.00. The van der Waals surface area contributed by atoms with E-state index < -0.39 is 0 Å². The van der Waals surface area contributed by atoms with Crippen molar-refractivity contribution in [3.8, 4) is 0 Å². The second-order valence-electron chi connectivity index (χ2n) is 5.47. The summed E-state index contributed by atoms with van der Waals surface area (Å²) in [5.41, 5.74) is 0. The van der Waals surface area contributed by atoms with Crippen molar-refractivity contribution in [3.05, 3.63) is 0 Å². The Hall–Kier alpha value is -0.120. The van der Waals surface area contributed by atoms with Gasteiger partial charge in [-0.05, 0) is 46.7 Å². The third kappa shape index (κ3) is 6.39. The van der Waals surface area contributed by atoms with Crippen molar-refractivity contribution in [2.75, 3.05) is 26.2 Å². The van der Waals surface area contributed by atoms with Gasteiger partial charge < -0.3 is 10.1 Å². The zero-order valence-electron chi connectivity index (χ0n) is 12.0. The molecule has 1 heterocycles. The molecule has 3 atom stereocenters. The van der Waals surface area contributed by atoms with Gasteiger partial charge in [-0.1, -0.05) is 13.3 Å². The molecule has 3 nitrogen and oxygen atoms in total. The van der Waals surface area contributed by atoms with E-state index in [9.17, 15) is 0 Å². The topological polar surface area (TPSA) is 24.5 Å². The number of unbranched alkanes of at least 4 members (excludes halogenated alkanes) is 1. The summed E-state index contributed by atoms with van der Waals surface area (Å²) in [6.45, 7) is 13.3. The monoisotopic (exact) mass is 242 g/mol. The summed E-state index contributed by atoms with van der Waals surface area (Å²) in [5.74, 6) is 0. The lowest BCUT2D eigenvalue weighted by Gasteiger charge is -2.35. The van der Waals surface area contributed by atoms with Crippen molar-refractivity contribution in [3.63, 3.8) is 0 Å². The third-order valence-electron chi connectivity index (χ3n) is 3.41. The van der Waals surface area contributed by atoms with Crippen LogP contribution in [0.25, 0.3) is 0 Å². The van der Waals surface area contributed by atoms with E-state index in [4.69, 9.17) is 4.74 Å². The molecule has 0 amide bonds. The lowest BCUT2D eigenvalue weighted by Crippen LogP contribution is -2.45. The van der Waals surface area contributed by atoms with Crippen molar-refractivity contribution in [2.45, 2.75) is 65.2 Å². The van der Waals surface area contributed by atoms with Gasteiger partial charge in [0.15, 0.2) is 0 Å². The van der Waals surface area contributed by atoms with E-state index >= 15 is 0 Å². The number of ether oxygens (including phenoxy) is 1. The van der Waals surface area contributed by atoms with E-state index in [2.05, 4.69) is 37.9 Å². The molecular weight excluding hydrogens is 212 g/mol. The Kier molecular flexibility index (Phi) is 7.09. The van der Waals surface area contributed by atoms with Crippen LogP contribution in [-0.4, -0.2) is 49.3 Å². The van der Waals surface area contributed by atoms with Crippen LogP contribution in [0.5, 0.6) is 0 Å². The molecule has 0 aromatic heterocycles. The molecule has 0 aromatic rings. The van der Waals surface area contributed by atoms with Crippen molar-refractivity contribution < 1.29 is 4.74 Å². The van der Waals surface area contributed by atoms with E-state index in [1.54, 1.807) is 0 Å². The van der Waals surface area contributed by atoms with Crippen LogP contribution in [-0.2, 0) is 4.74 Å². The average Bonchev–Trinajstić information content (AvgIpc) is 2.23. The molecule has 3 heteroatoms. The van der Waals surface area contributed by atoms with Gasteiger partial charge in [-0.2, -0.15) is 0 Å². The zero-order chi connectivity index (χ0) is 12.7. The van der Waals surface area contributed by atoms with Gasteiger partial charge in [0.1, 0.15) is 0 Å². The molecule has 1 rings (SSSR count). The van der Waals surface area contributed by atoms with Gasteiger partial charge in [0.25, 0.3) is 0 Å². The van der Waals surface area contributed by atoms with Crippen LogP contribution in [0.2, 0.25) is 0 Å². The predicted octanol–water partition coefficient (Wildman–Crippen LogP) is 2.26. The highest BCUT2D eigenvalue weighted by Crippen LogP contribution is 2.12.